The van der Waals surface area contributed by atoms with Crippen LogP contribution in [0.5, 0.6) is 0 Å². The number of aliphatic hydroxyl groups excluding tert-OH is 1. The lowest BCUT2D eigenvalue weighted by Gasteiger charge is -2.20. The third-order valence-corrected chi connectivity index (χ3v) is 3.30. The molecule has 1 aliphatic heterocycles. The van der Waals surface area contributed by atoms with Gasteiger partial charge in [0.1, 0.15) is 6.04 Å². The van der Waals surface area contributed by atoms with Crippen molar-refractivity contribution in [3.8, 4) is 0 Å². The topological polar surface area (TPSA) is 95.7 Å². The highest BCUT2D eigenvalue weighted by atomic mass is 16.4. The predicted molar refractivity (Wildman–Crippen MR) is 65.7 cm³/mol. The van der Waals surface area contributed by atoms with Crippen LogP contribution < -0.4 is 0 Å². The molecule has 2 atom stereocenters. The van der Waals surface area contributed by atoms with Gasteiger partial charge in [0, 0.05) is 26.2 Å². The first kappa shape index (κ1) is 13.5. The van der Waals surface area contributed by atoms with E-state index in [1.807, 2.05) is 6.92 Å². The van der Waals surface area contributed by atoms with Gasteiger partial charge in [0.15, 0.2) is 0 Å². The maximum absolute atomic E-state index is 12.4. The van der Waals surface area contributed by atoms with E-state index < -0.39 is 18.1 Å². The zero-order valence-corrected chi connectivity index (χ0v) is 10.9. The Morgan fingerprint density at radius 2 is 2.21 bits per heavy atom. The molecular weight excluding hydrogens is 250 g/mol. The van der Waals surface area contributed by atoms with Crippen LogP contribution in [0.2, 0.25) is 0 Å². The maximum Gasteiger partial charge on any atom is 0.326 e. The molecular formula is C12H17N3O4. The van der Waals surface area contributed by atoms with E-state index in [1.54, 1.807) is 13.2 Å². The van der Waals surface area contributed by atoms with Gasteiger partial charge >= 0.3 is 5.97 Å². The largest absolute Gasteiger partial charge is 0.480 e. The smallest absolute Gasteiger partial charge is 0.326 e. The lowest BCUT2D eigenvalue weighted by atomic mass is 10.1. The number of aliphatic hydroxyl groups is 1. The summed E-state index contributed by atoms with van der Waals surface area (Å²) in [6.45, 7) is 1.93. The first-order chi connectivity index (χ1) is 8.93. The van der Waals surface area contributed by atoms with E-state index >= 15 is 0 Å². The van der Waals surface area contributed by atoms with E-state index in [0.717, 1.165) is 0 Å². The van der Waals surface area contributed by atoms with E-state index in [2.05, 4.69) is 5.10 Å². The average molecular weight is 267 g/mol. The molecule has 2 unspecified atom stereocenters. The van der Waals surface area contributed by atoms with E-state index in [9.17, 15) is 14.7 Å². The molecule has 0 aliphatic carbocycles. The fourth-order valence-electron chi connectivity index (χ4n) is 2.40. The van der Waals surface area contributed by atoms with Crippen LogP contribution in [0, 0.1) is 0 Å². The number of β-amino-alcohol motifs (C(OH)–C–C–N with tert-alkyl or cyclic N) is 1. The van der Waals surface area contributed by atoms with E-state index in [1.165, 1.54) is 9.58 Å². The SMILES string of the molecule is CCc1nn(C)cc1C(=O)N1CC(O)CC1C(=O)O. The van der Waals surface area contributed by atoms with Crippen molar-refractivity contribution in [2.45, 2.75) is 31.9 Å². The number of carboxylic acid groups (broad SMARTS) is 1. The summed E-state index contributed by atoms with van der Waals surface area (Å²) >= 11 is 0. The van der Waals surface area contributed by atoms with Gasteiger partial charge in [-0.2, -0.15) is 5.10 Å². The van der Waals surface area contributed by atoms with Crippen molar-refractivity contribution in [3.63, 3.8) is 0 Å². The average Bonchev–Trinajstić information content (AvgIpc) is 2.91. The molecule has 7 heteroatoms. The van der Waals surface area contributed by atoms with Gasteiger partial charge in [-0.05, 0) is 6.42 Å². The van der Waals surface area contributed by atoms with Crippen LogP contribution in [0.15, 0.2) is 6.20 Å². The molecule has 7 nitrogen and oxygen atoms in total. The Hall–Kier alpha value is -1.89. The van der Waals surface area contributed by atoms with Crippen LogP contribution >= 0.6 is 0 Å². The van der Waals surface area contributed by atoms with Crippen molar-refractivity contribution in [1.29, 1.82) is 0 Å². The number of aliphatic carboxylic acids is 1. The summed E-state index contributed by atoms with van der Waals surface area (Å²) in [5, 5.41) is 22.8. The minimum absolute atomic E-state index is 0.0495. The zero-order chi connectivity index (χ0) is 14.2. The highest BCUT2D eigenvalue weighted by Gasteiger charge is 2.40. The van der Waals surface area contributed by atoms with Gasteiger partial charge < -0.3 is 15.1 Å². The van der Waals surface area contributed by atoms with Crippen LogP contribution in [-0.2, 0) is 18.3 Å². The Bertz CT molecular complexity index is 511. The van der Waals surface area contributed by atoms with Gasteiger partial charge in [0.05, 0.1) is 17.4 Å². The Morgan fingerprint density at radius 3 is 2.79 bits per heavy atom. The minimum Gasteiger partial charge on any atom is -0.480 e. The van der Waals surface area contributed by atoms with Crippen LogP contribution in [0.4, 0.5) is 0 Å². The Morgan fingerprint density at radius 1 is 1.53 bits per heavy atom. The number of carboxylic acids is 1. The van der Waals surface area contributed by atoms with Crippen molar-refractivity contribution in [2.24, 2.45) is 7.05 Å². The monoisotopic (exact) mass is 267 g/mol. The second-order valence-electron chi connectivity index (χ2n) is 4.72. The molecule has 1 saturated heterocycles. The highest BCUT2D eigenvalue weighted by molar-refractivity contribution is 5.97. The summed E-state index contributed by atoms with van der Waals surface area (Å²) in [6.07, 6.45) is 1.47. The first-order valence-electron chi connectivity index (χ1n) is 6.18. The molecule has 1 aromatic heterocycles. The molecule has 0 spiro atoms. The molecule has 1 aromatic rings. The molecule has 0 saturated carbocycles. The van der Waals surface area contributed by atoms with Gasteiger partial charge in [0.2, 0.25) is 0 Å². The number of aryl methyl sites for hydroxylation is 2. The van der Waals surface area contributed by atoms with Crippen molar-refractivity contribution >= 4 is 11.9 Å². The predicted octanol–water partition coefficient (Wildman–Crippen LogP) is -0.357. The van der Waals surface area contributed by atoms with Crippen molar-refractivity contribution in [1.82, 2.24) is 14.7 Å². The normalized spacial score (nSPS) is 22.8. The number of carbonyl (C=O) groups excluding carboxylic acids is 1. The van der Waals surface area contributed by atoms with E-state index in [4.69, 9.17) is 5.11 Å². The van der Waals surface area contributed by atoms with Crippen LogP contribution in [0.3, 0.4) is 0 Å². The van der Waals surface area contributed by atoms with Crippen LogP contribution in [0.25, 0.3) is 0 Å². The number of likely N-dealkylation sites (tertiary alicyclic amines) is 1. The van der Waals surface area contributed by atoms with Gasteiger partial charge in [-0.15, -0.1) is 0 Å². The molecule has 2 heterocycles. The maximum atomic E-state index is 12.4. The summed E-state index contributed by atoms with van der Waals surface area (Å²) in [4.78, 5) is 24.7. The van der Waals surface area contributed by atoms with Gasteiger partial charge in [0.25, 0.3) is 5.91 Å². The molecule has 1 fully saturated rings. The number of carbonyl (C=O) groups is 2. The molecule has 1 aliphatic rings. The van der Waals surface area contributed by atoms with Crippen molar-refractivity contribution in [2.75, 3.05) is 6.54 Å². The second kappa shape index (κ2) is 5.00. The lowest BCUT2D eigenvalue weighted by Crippen LogP contribution is -2.40. The summed E-state index contributed by atoms with van der Waals surface area (Å²) < 4.78 is 1.54. The molecule has 0 radical (unpaired) electrons. The third-order valence-electron chi connectivity index (χ3n) is 3.30. The van der Waals surface area contributed by atoms with Crippen molar-refractivity contribution in [3.05, 3.63) is 17.5 Å². The summed E-state index contributed by atoms with van der Waals surface area (Å²) in [7, 11) is 1.71. The number of aromatic nitrogens is 2. The molecule has 1 amide bonds. The second-order valence-corrected chi connectivity index (χ2v) is 4.72. The highest BCUT2D eigenvalue weighted by Crippen LogP contribution is 2.22. The fourth-order valence-corrected chi connectivity index (χ4v) is 2.40. The number of nitrogens with zero attached hydrogens (tertiary/aromatic N) is 3. The molecule has 19 heavy (non-hydrogen) atoms. The zero-order valence-electron chi connectivity index (χ0n) is 10.9. The quantitative estimate of drug-likeness (QED) is 0.780. The molecule has 0 bridgehead atoms. The summed E-state index contributed by atoms with van der Waals surface area (Å²) in [5.74, 6) is -1.47. The number of hydrogen-bond acceptors (Lipinski definition) is 4. The Labute approximate surface area is 110 Å². The fraction of sp³-hybridized carbons (Fsp3) is 0.583. The van der Waals surface area contributed by atoms with Crippen LogP contribution in [-0.4, -0.2) is 55.5 Å². The van der Waals surface area contributed by atoms with Crippen LogP contribution in [0.1, 0.15) is 29.4 Å². The first-order valence-corrected chi connectivity index (χ1v) is 6.18. The third kappa shape index (κ3) is 2.46. The van der Waals surface area contributed by atoms with Gasteiger partial charge in [-0.3, -0.25) is 9.48 Å². The molecule has 2 rings (SSSR count). The summed E-state index contributed by atoms with van der Waals surface area (Å²) in [6, 6.07) is -0.965. The standard InChI is InChI=1S/C12H17N3O4/c1-3-9-8(6-14(2)13-9)11(17)15-5-7(16)4-10(15)12(18)19/h6-7,10,16H,3-5H2,1-2H3,(H,18,19). The molecule has 0 aromatic carbocycles. The number of rotatable bonds is 3. The van der Waals surface area contributed by atoms with Gasteiger partial charge in [-0.25, -0.2) is 4.79 Å². The number of hydrogen-bond donors (Lipinski definition) is 2. The van der Waals surface area contributed by atoms with E-state index in [-0.39, 0.29) is 18.9 Å². The van der Waals surface area contributed by atoms with E-state index in [0.29, 0.717) is 17.7 Å². The van der Waals surface area contributed by atoms with Gasteiger partial charge in [-0.1, -0.05) is 6.92 Å². The number of amides is 1. The lowest BCUT2D eigenvalue weighted by molar-refractivity contribution is -0.141. The van der Waals surface area contributed by atoms with Crippen molar-refractivity contribution < 1.29 is 19.8 Å². The Kier molecular flexibility index (Phi) is 3.57. The minimum atomic E-state index is -1.09. The molecule has 2 N–H and O–H groups in total. The summed E-state index contributed by atoms with van der Waals surface area (Å²) in [5.41, 5.74) is 1.04. The molecule has 104 valence electrons. The Balaban J connectivity index is 2.30.